The molecule has 0 radical (unpaired) electrons. The van der Waals surface area contributed by atoms with E-state index in [9.17, 15) is 22.4 Å². The molecule has 12 heteroatoms. The molecule has 36 heavy (non-hydrogen) atoms. The molecule has 0 unspecified atom stereocenters. The van der Waals surface area contributed by atoms with E-state index in [0.717, 1.165) is 6.07 Å². The minimum atomic E-state index is -4.63. The highest BCUT2D eigenvalue weighted by Gasteiger charge is 2.35. The van der Waals surface area contributed by atoms with E-state index in [1.54, 1.807) is 0 Å². The highest BCUT2D eigenvalue weighted by molar-refractivity contribution is 5.91. The first kappa shape index (κ1) is 23.7. The molecule has 1 aliphatic heterocycles. The lowest BCUT2D eigenvalue weighted by molar-refractivity contribution is -0.137. The number of H-pyrrole nitrogens is 1. The molecule has 0 aliphatic carbocycles. The lowest BCUT2D eigenvalue weighted by atomic mass is 10.0. The summed E-state index contributed by atoms with van der Waals surface area (Å²) < 4.78 is 60.1. The van der Waals surface area contributed by atoms with E-state index in [0.29, 0.717) is 35.1 Å². The molecule has 2 aromatic heterocycles. The smallest absolute Gasteiger partial charge is 0.375 e. The van der Waals surface area contributed by atoms with Gasteiger partial charge < -0.3 is 15.0 Å². The summed E-state index contributed by atoms with van der Waals surface area (Å²) in [6.07, 6.45) is -4.27. The van der Waals surface area contributed by atoms with Crippen LogP contribution in [-0.2, 0) is 28.7 Å². The third-order valence-electron chi connectivity index (χ3n) is 5.92. The number of nitrogens with zero attached hydrogens (tertiary/aromatic N) is 4. The predicted molar refractivity (Wildman–Crippen MR) is 123 cm³/mol. The number of anilines is 2. The number of hydrogen-bond acceptors (Lipinski definition) is 6. The van der Waals surface area contributed by atoms with Crippen LogP contribution in [0, 0.1) is 5.82 Å². The van der Waals surface area contributed by atoms with Gasteiger partial charge in [-0.05, 0) is 30.7 Å². The summed E-state index contributed by atoms with van der Waals surface area (Å²) in [5, 5.41) is 10.5. The number of benzene rings is 2. The second kappa shape index (κ2) is 9.19. The van der Waals surface area contributed by atoms with Crippen molar-refractivity contribution in [2.24, 2.45) is 0 Å². The first-order chi connectivity index (χ1) is 17.2. The Balaban J connectivity index is 1.63. The molecule has 3 heterocycles. The van der Waals surface area contributed by atoms with Crippen LogP contribution < -0.4 is 5.32 Å². The molecule has 5 rings (SSSR count). The Labute approximate surface area is 202 Å². The number of methoxy groups -OCH3 is 1. The van der Waals surface area contributed by atoms with Gasteiger partial charge in [-0.2, -0.15) is 18.3 Å². The SMILES string of the molecule is COCC(=O)N1CCc2c(nc(-c3ccccc3C(F)(F)F)nc2Nc2n[nH]c3ccc(F)cc23)C1. The summed E-state index contributed by atoms with van der Waals surface area (Å²) in [7, 11) is 1.41. The van der Waals surface area contributed by atoms with Gasteiger partial charge >= 0.3 is 6.18 Å². The molecule has 0 atom stereocenters. The Kier molecular flexibility index (Phi) is 6.04. The number of hydrogen-bond donors (Lipinski definition) is 2. The molecule has 2 aromatic carbocycles. The number of nitrogens with one attached hydrogen (secondary N) is 2. The minimum absolute atomic E-state index is 0.0753. The third-order valence-corrected chi connectivity index (χ3v) is 5.92. The van der Waals surface area contributed by atoms with Crippen molar-refractivity contribution in [3.8, 4) is 11.4 Å². The second-order valence-corrected chi connectivity index (χ2v) is 8.25. The van der Waals surface area contributed by atoms with E-state index in [1.165, 1.54) is 48.4 Å². The van der Waals surface area contributed by atoms with Gasteiger partial charge in [0.05, 0.1) is 23.3 Å². The van der Waals surface area contributed by atoms with Crippen molar-refractivity contribution < 1.29 is 27.1 Å². The van der Waals surface area contributed by atoms with Gasteiger partial charge in [0.1, 0.15) is 18.2 Å². The van der Waals surface area contributed by atoms with Crippen molar-refractivity contribution in [1.29, 1.82) is 0 Å². The van der Waals surface area contributed by atoms with Crippen LogP contribution >= 0.6 is 0 Å². The lowest BCUT2D eigenvalue weighted by Crippen LogP contribution is -2.39. The quantitative estimate of drug-likeness (QED) is 0.393. The molecule has 1 amide bonds. The number of aromatic amines is 1. The first-order valence-corrected chi connectivity index (χ1v) is 11.0. The van der Waals surface area contributed by atoms with E-state index in [-0.39, 0.29) is 42.1 Å². The Morgan fingerprint density at radius 3 is 2.75 bits per heavy atom. The highest BCUT2D eigenvalue weighted by Crippen LogP contribution is 2.37. The topological polar surface area (TPSA) is 96.0 Å². The molecule has 0 spiro atoms. The minimum Gasteiger partial charge on any atom is -0.375 e. The number of alkyl halides is 3. The van der Waals surface area contributed by atoms with Gasteiger partial charge in [0, 0.05) is 30.2 Å². The number of carbonyl (C=O) groups is 1. The van der Waals surface area contributed by atoms with Crippen molar-refractivity contribution in [3.63, 3.8) is 0 Å². The Morgan fingerprint density at radius 2 is 1.97 bits per heavy atom. The van der Waals surface area contributed by atoms with Crippen LogP contribution in [0.15, 0.2) is 42.5 Å². The Bertz CT molecular complexity index is 1450. The molecule has 4 aromatic rings. The van der Waals surface area contributed by atoms with Crippen LogP contribution in [-0.4, -0.2) is 51.2 Å². The number of ether oxygens (including phenoxy) is 1. The summed E-state index contributed by atoms with van der Waals surface area (Å²) in [6.45, 7) is 0.299. The summed E-state index contributed by atoms with van der Waals surface area (Å²) in [5.41, 5.74) is 0.528. The van der Waals surface area contributed by atoms with Crippen molar-refractivity contribution in [2.75, 3.05) is 25.6 Å². The maximum Gasteiger partial charge on any atom is 0.417 e. The van der Waals surface area contributed by atoms with Gasteiger partial charge in [-0.15, -0.1) is 0 Å². The fourth-order valence-electron chi connectivity index (χ4n) is 4.20. The zero-order valence-electron chi connectivity index (χ0n) is 19.0. The zero-order valence-corrected chi connectivity index (χ0v) is 19.0. The van der Waals surface area contributed by atoms with Crippen LogP contribution in [0.25, 0.3) is 22.3 Å². The van der Waals surface area contributed by atoms with E-state index in [1.807, 2.05) is 0 Å². The van der Waals surface area contributed by atoms with Crippen LogP contribution in [0.1, 0.15) is 16.8 Å². The molecule has 0 saturated carbocycles. The molecule has 186 valence electrons. The molecule has 2 N–H and O–H groups in total. The van der Waals surface area contributed by atoms with E-state index < -0.39 is 17.6 Å². The summed E-state index contributed by atoms with van der Waals surface area (Å²) in [5.74, 6) is -0.385. The molecular weight excluding hydrogens is 480 g/mol. The monoisotopic (exact) mass is 500 g/mol. The standard InChI is InChI=1S/C24H20F4N6O2/c1-36-12-20(35)34-9-8-15-19(11-34)29-21(14-4-2-3-5-17(14)24(26,27)28)30-22(15)31-23-16-10-13(25)6-7-18(16)32-33-23/h2-7,10H,8-9,11-12H2,1H3,(H2,29,30,31,32,33). The van der Waals surface area contributed by atoms with Gasteiger partial charge in [0.2, 0.25) is 5.91 Å². The first-order valence-electron chi connectivity index (χ1n) is 11.0. The average molecular weight is 500 g/mol. The Morgan fingerprint density at radius 1 is 1.17 bits per heavy atom. The maximum atomic E-state index is 13.9. The van der Waals surface area contributed by atoms with E-state index in [2.05, 4.69) is 25.5 Å². The van der Waals surface area contributed by atoms with Crippen LogP contribution in [0.4, 0.5) is 29.2 Å². The van der Waals surface area contributed by atoms with Gasteiger partial charge in [0.25, 0.3) is 0 Å². The summed E-state index contributed by atoms with van der Waals surface area (Å²) >= 11 is 0. The molecule has 1 aliphatic rings. The number of rotatable bonds is 5. The predicted octanol–water partition coefficient (Wildman–Crippen LogP) is 4.45. The number of halogens is 4. The van der Waals surface area contributed by atoms with Crippen LogP contribution in [0.2, 0.25) is 0 Å². The van der Waals surface area contributed by atoms with Crippen molar-refractivity contribution in [2.45, 2.75) is 19.1 Å². The molecule has 0 bridgehead atoms. The number of amides is 1. The number of carbonyl (C=O) groups excluding carboxylic acids is 1. The van der Waals surface area contributed by atoms with Crippen LogP contribution in [0.3, 0.4) is 0 Å². The van der Waals surface area contributed by atoms with E-state index >= 15 is 0 Å². The van der Waals surface area contributed by atoms with Gasteiger partial charge in [-0.25, -0.2) is 14.4 Å². The summed E-state index contributed by atoms with van der Waals surface area (Å²) in [4.78, 5) is 22.8. The molecule has 8 nitrogen and oxygen atoms in total. The number of aromatic nitrogens is 4. The summed E-state index contributed by atoms with van der Waals surface area (Å²) in [6, 6.07) is 9.13. The van der Waals surface area contributed by atoms with Gasteiger partial charge in [0.15, 0.2) is 11.6 Å². The molecule has 0 saturated heterocycles. The van der Waals surface area contributed by atoms with E-state index in [4.69, 9.17) is 4.74 Å². The van der Waals surface area contributed by atoms with Gasteiger partial charge in [-0.1, -0.05) is 18.2 Å². The Hall–Kier alpha value is -4.06. The maximum absolute atomic E-state index is 13.9. The fraction of sp³-hybridized carbons (Fsp3) is 0.250. The average Bonchev–Trinajstić information content (AvgIpc) is 3.24. The van der Waals surface area contributed by atoms with Crippen molar-refractivity contribution in [3.05, 3.63) is 65.1 Å². The number of fused-ring (bicyclic) bond motifs is 2. The van der Waals surface area contributed by atoms with Crippen LogP contribution in [0.5, 0.6) is 0 Å². The van der Waals surface area contributed by atoms with Gasteiger partial charge in [-0.3, -0.25) is 9.89 Å². The lowest BCUT2D eigenvalue weighted by Gasteiger charge is -2.29. The molecule has 0 fully saturated rings. The largest absolute Gasteiger partial charge is 0.417 e. The molecular formula is C24H20F4N6O2. The third kappa shape index (κ3) is 4.47. The normalized spacial score (nSPS) is 13.6. The van der Waals surface area contributed by atoms with Crippen molar-refractivity contribution >= 4 is 28.4 Å². The zero-order chi connectivity index (χ0) is 25.4. The van der Waals surface area contributed by atoms with Crippen molar-refractivity contribution in [1.82, 2.24) is 25.1 Å². The highest BCUT2D eigenvalue weighted by atomic mass is 19.4. The second-order valence-electron chi connectivity index (χ2n) is 8.25. The fourth-order valence-corrected chi connectivity index (χ4v) is 4.20.